The van der Waals surface area contributed by atoms with Crippen LogP contribution in [-0.4, -0.2) is 37.0 Å². The van der Waals surface area contributed by atoms with Gasteiger partial charge in [-0.2, -0.15) is 0 Å². The van der Waals surface area contributed by atoms with Crippen LogP contribution in [0.1, 0.15) is 22.3 Å². The van der Waals surface area contributed by atoms with E-state index >= 15 is 0 Å². The molecule has 0 unspecified atom stereocenters. The number of carboxylic acids is 1. The number of rotatable bonds is 6. The first-order valence-corrected chi connectivity index (χ1v) is 10.3. The Labute approximate surface area is 157 Å². The van der Waals surface area contributed by atoms with E-state index < -0.39 is 15.8 Å². The van der Waals surface area contributed by atoms with Crippen LogP contribution in [0.2, 0.25) is 0 Å². The quantitative estimate of drug-likeness (QED) is 0.554. The summed E-state index contributed by atoms with van der Waals surface area (Å²) in [5.41, 5.74) is 0.999. The minimum absolute atomic E-state index is 0.0671. The molecule has 2 rings (SSSR count). The summed E-state index contributed by atoms with van der Waals surface area (Å²) in [6.45, 7) is 2.47. The van der Waals surface area contributed by atoms with Crippen molar-refractivity contribution < 1.29 is 45.7 Å². The van der Waals surface area contributed by atoms with E-state index in [4.69, 9.17) is 13.8 Å². The van der Waals surface area contributed by atoms with E-state index in [-0.39, 0.29) is 17.1 Å². The molecule has 0 bridgehead atoms. The van der Waals surface area contributed by atoms with Crippen LogP contribution < -0.4 is 0 Å². The Morgan fingerprint density at radius 3 is 2.20 bits per heavy atom. The number of aromatic carboxylic acids is 1. The van der Waals surface area contributed by atoms with Gasteiger partial charge in [-0.15, -0.1) is 0 Å². The molecule has 2 aromatic carbocycles. The number of sulfone groups is 1. The van der Waals surface area contributed by atoms with Gasteiger partial charge >= 0.3 is 107 Å². The summed E-state index contributed by atoms with van der Waals surface area (Å²) in [4.78, 5) is 10.7. The molecule has 0 aromatic heterocycles. The molecular formula is C17H19O6SZn. The van der Waals surface area contributed by atoms with Crippen molar-refractivity contribution in [2.24, 2.45) is 0 Å². The number of hydrogen-bond donors (Lipinski definition) is 2. The molecule has 2 aromatic rings. The van der Waals surface area contributed by atoms with Gasteiger partial charge in [-0.1, -0.05) is 12.1 Å². The molecule has 25 heavy (non-hydrogen) atoms. The molecule has 2 N–H and O–H groups in total. The van der Waals surface area contributed by atoms with Crippen molar-refractivity contribution in [3.63, 3.8) is 0 Å². The summed E-state index contributed by atoms with van der Waals surface area (Å²) < 4.78 is 28.5. The topological polar surface area (TPSA) is 101 Å². The number of aryl methyl sites for hydroxylation is 1. The van der Waals surface area contributed by atoms with Gasteiger partial charge in [0.05, 0.1) is 0 Å². The summed E-state index contributed by atoms with van der Waals surface area (Å²) in [6.07, 6.45) is 0.566. The van der Waals surface area contributed by atoms with Gasteiger partial charge in [0.2, 0.25) is 0 Å². The van der Waals surface area contributed by atoms with E-state index in [0.29, 0.717) is 17.9 Å². The molecule has 0 aliphatic rings. The van der Waals surface area contributed by atoms with Crippen LogP contribution in [0.5, 0.6) is 5.75 Å². The molecule has 8 heteroatoms. The van der Waals surface area contributed by atoms with Crippen LogP contribution in [0.25, 0.3) is 0 Å². The Kier molecular flexibility index (Phi) is 8.76. The van der Waals surface area contributed by atoms with Gasteiger partial charge in [-0.05, 0) is 12.1 Å². The molecular weight excluding hydrogens is 398 g/mol. The largest absolute Gasteiger partial charge is 0.507 e. The van der Waals surface area contributed by atoms with Crippen LogP contribution in [0, 0.1) is 6.92 Å². The number of phenols is 1. The number of hydrogen-bond acceptors (Lipinski definition) is 5. The Balaban J connectivity index is 0.000000271. The molecule has 0 aliphatic carbocycles. The summed E-state index contributed by atoms with van der Waals surface area (Å²) in [7, 11) is -3.12. The zero-order valence-electron chi connectivity index (χ0n) is 13.9. The maximum Gasteiger partial charge on any atom is 0.339 e. The molecule has 0 aliphatic heterocycles. The molecule has 0 heterocycles. The van der Waals surface area contributed by atoms with E-state index in [1.165, 1.54) is 12.1 Å². The van der Waals surface area contributed by atoms with Crippen molar-refractivity contribution >= 4 is 15.8 Å². The number of para-hydroxylation sites is 1. The Bertz CT molecular complexity index is 787. The van der Waals surface area contributed by atoms with Gasteiger partial charge in [-0.3, -0.25) is 0 Å². The van der Waals surface area contributed by atoms with E-state index in [1.807, 2.05) is 19.1 Å². The average Bonchev–Trinajstić information content (AvgIpc) is 2.56. The Morgan fingerprint density at radius 1 is 1.12 bits per heavy atom. The monoisotopic (exact) mass is 415 g/mol. The normalized spacial score (nSPS) is 10.7. The van der Waals surface area contributed by atoms with Gasteiger partial charge in [0, 0.05) is 0 Å². The van der Waals surface area contributed by atoms with Crippen molar-refractivity contribution in [1.82, 2.24) is 0 Å². The van der Waals surface area contributed by atoms with Gasteiger partial charge in [0.1, 0.15) is 11.3 Å². The molecule has 6 nitrogen and oxygen atoms in total. The molecule has 0 fully saturated rings. The van der Waals surface area contributed by atoms with Crippen molar-refractivity contribution in [3.05, 3.63) is 59.7 Å². The fourth-order valence-corrected chi connectivity index (χ4v) is 3.58. The van der Waals surface area contributed by atoms with E-state index in [2.05, 4.69) is 0 Å². The van der Waals surface area contributed by atoms with E-state index in [9.17, 15) is 13.2 Å². The molecule has 0 spiro atoms. The first-order valence-electron chi connectivity index (χ1n) is 7.45. The average molecular weight is 417 g/mol. The summed E-state index contributed by atoms with van der Waals surface area (Å²) in [5.74, 6) is -1.15. The van der Waals surface area contributed by atoms with Crippen LogP contribution in [0.3, 0.4) is 0 Å². The summed E-state index contributed by atoms with van der Waals surface area (Å²) in [6, 6.07) is 12.8. The molecule has 0 radical (unpaired) electrons. The molecule has 0 amide bonds. The Morgan fingerprint density at radius 2 is 1.72 bits per heavy atom. The molecule has 0 saturated carbocycles. The van der Waals surface area contributed by atoms with Gasteiger partial charge in [-0.25, -0.2) is 4.79 Å². The zero-order chi connectivity index (χ0) is 18.9. The van der Waals surface area contributed by atoms with E-state index in [0.717, 1.165) is 24.2 Å². The number of carboxylic acid groups (broad SMARTS) is 1. The predicted octanol–water partition coefficient (Wildman–Crippen LogP) is 2.73. The number of aromatic hydroxyl groups is 1. The minimum atomic E-state index is -3.12. The smallest absolute Gasteiger partial charge is 0.339 e. The standard InChI is InChI=1S/C10H13O3S.C7H6O3.Zn/c1-9-3-5-10(6-4-9)14(12,13)8-2-7-11;8-6-4-2-1-3-5(6)7(9)10;/h3-6H,2,7-8H2,1H3;1-4,8H,(H,9,10);/q-1;;+1. The van der Waals surface area contributed by atoms with Crippen LogP contribution in [0.4, 0.5) is 0 Å². The third-order valence-electron chi connectivity index (χ3n) is 3.22. The van der Waals surface area contributed by atoms with Crippen molar-refractivity contribution in [3.8, 4) is 5.75 Å². The first kappa shape index (κ1) is 21.3. The van der Waals surface area contributed by atoms with E-state index in [1.54, 1.807) is 24.3 Å². The third-order valence-corrected chi connectivity index (χ3v) is 5.64. The fraction of sp³-hybridized carbons (Fsp3) is 0.235. The second-order valence-electron chi connectivity index (χ2n) is 5.22. The van der Waals surface area contributed by atoms with Crippen molar-refractivity contribution in [1.29, 1.82) is 0 Å². The SMILES string of the molecule is Cc1ccc(S(=O)(=O)CCC[O][Zn])cc1.O=C(O)c1ccccc1O. The Hall–Kier alpha value is -1.76. The van der Waals surface area contributed by atoms with Gasteiger partial charge in [0.15, 0.2) is 0 Å². The molecule has 0 saturated heterocycles. The predicted molar refractivity (Wildman–Crippen MR) is 88.9 cm³/mol. The maximum absolute atomic E-state index is 11.8. The number of benzene rings is 2. The third kappa shape index (κ3) is 7.34. The van der Waals surface area contributed by atoms with Gasteiger partial charge in [0.25, 0.3) is 0 Å². The van der Waals surface area contributed by atoms with Crippen LogP contribution in [0.15, 0.2) is 53.4 Å². The van der Waals surface area contributed by atoms with Gasteiger partial charge < -0.3 is 10.2 Å². The maximum atomic E-state index is 11.8. The fourth-order valence-electron chi connectivity index (χ4n) is 1.87. The second kappa shape index (κ2) is 10.3. The van der Waals surface area contributed by atoms with Crippen molar-refractivity contribution in [2.75, 3.05) is 12.4 Å². The minimum Gasteiger partial charge on any atom is -0.507 e. The number of carbonyl (C=O) groups is 1. The van der Waals surface area contributed by atoms with Crippen LogP contribution >= 0.6 is 0 Å². The first-order chi connectivity index (χ1) is 11.8. The van der Waals surface area contributed by atoms with Crippen molar-refractivity contribution in [2.45, 2.75) is 18.2 Å². The molecule has 131 valence electrons. The molecule has 0 atom stereocenters. The van der Waals surface area contributed by atoms with Crippen LogP contribution in [-0.2, 0) is 32.1 Å². The summed E-state index contributed by atoms with van der Waals surface area (Å²) >= 11 is 0.755. The zero-order valence-corrected chi connectivity index (χ0v) is 17.7. The second-order valence-corrected chi connectivity index (χ2v) is 8.18. The summed E-state index contributed by atoms with van der Waals surface area (Å²) in [5, 5.41) is 17.3.